The molecule has 0 saturated heterocycles. The first-order valence-electron chi connectivity index (χ1n) is 6.42. The van der Waals surface area contributed by atoms with Crippen LogP contribution in [-0.2, 0) is 9.05 Å². The van der Waals surface area contributed by atoms with E-state index in [0.717, 1.165) is 27.8 Å². The molecule has 1 aliphatic rings. The monoisotopic (exact) mass is 339 g/mol. The molecule has 0 aliphatic heterocycles. The Bertz CT molecular complexity index is 908. The minimum absolute atomic E-state index is 0.128. The van der Waals surface area contributed by atoms with E-state index in [9.17, 15) is 8.42 Å². The summed E-state index contributed by atoms with van der Waals surface area (Å²) in [6.45, 7) is 0. The van der Waals surface area contributed by atoms with Crippen LogP contribution in [0.2, 0.25) is 0 Å². The fraction of sp³-hybridized carbons (Fsp3) is 0.231. The first-order valence-corrected chi connectivity index (χ1v) is 9.55. The van der Waals surface area contributed by atoms with Gasteiger partial charge in [0.25, 0.3) is 14.2 Å². The Morgan fingerprint density at radius 3 is 2.67 bits per heavy atom. The zero-order chi connectivity index (χ0) is 14.6. The maximum atomic E-state index is 11.6. The standard InChI is InChI=1S/C13H10ClN3O2S2/c14-21(18,19)13-16-15-12(17(13)9-5-6-9)11-7-8-3-1-2-4-10(8)20-11/h1-4,7,9H,5-6H2. The molecule has 1 saturated carbocycles. The van der Waals surface area contributed by atoms with Gasteiger partial charge in [0, 0.05) is 21.4 Å². The molecule has 1 aromatic carbocycles. The largest absolute Gasteiger partial charge is 0.296 e. The van der Waals surface area contributed by atoms with Crippen LogP contribution < -0.4 is 0 Å². The molecule has 5 nitrogen and oxygen atoms in total. The maximum absolute atomic E-state index is 11.6. The normalized spacial score (nSPS) is 15.7. The van der Waals surface area contributed by atoms with E-state index in [1.165, 1.54) is 0 Å². The molecule has 0 amide bonds. The molecule has 1 aliphatic carbocycles. The summed E-state index contributed by atoms with van der Waals surface area (Å²) in [6, 6.07) is 10.1. The average molecular weight is 340 g/mol. The second kappa shape index (κ2) is 4.53. The summed E-state index contributed by atoms with van der Waals surface area (Å²) in [5, 5.41) is 8.82. The summed E-state index contributed by atoms with van der Waals surface area (Å²) in [7, 11) is 1.58. The van der Waals surface area contributed by atoms with Crippen molar-refractivity contribution in [1.29, 1.82) is 0 Å². The van der Waals surface area contributed by atoms with Gasteiger partial charge in [-0.05, 0) is 30.4 Å². The van der Waals surface area contributed by atoms with E-state index in [-0.39, 0.29) is 11.2 Å². The van der Waals surface area contributed by atoms with Crippen LogP contribution in [0.1, 0.15) is 18.9 Å². The lowest BCUT2D eigenvalue weighted by atomic mass is 10.2. The highest BCUT2D eigenvalue weighted by molar-refractivity contribution is 8.13. The summed E-state index contributed by atoms with van der Waals surface area (Å²) in [5.41, 5.74) is 0. The minimum atomic E-state index is -3.89. The van der Waals surface area contributed by atoms with Gasteiger partial charge < -0.3 is 0 Å². The molecule has 1 fully saturated rings. The van der Waals surface area contributed by atoms with Crippen molar-refractivity contribution in [3.63, 3.8) is 0 Å². The van der Waals surface area contributed by atoms with Gasteiger partial charge in [0.05, 0.1) is 4.88 Å². The number of aromatic nitrogens is 3. The number of thiophene rings is 1. The SMILES string of the molecule is O=S(=O)(Cl)c1nnc(-c2cc3ccccc3s2)n1C1CC1. The number of hydrogen-bond donors (Lipinski definition) is 0. The molecular formula is C13H10ClN3O2S2. The number of halogens is 1. The van der Waals surface area contributed by atoms with Crippen molar-refractivity contribution in [1.82, 2.24) is 14.8 Å². The van der Waals surface area contributed by atoms with Gasteiger partial charge in [-0.15, -0.1) is 21.5 Å². The molecule has 4 rings (SSSR count). The predicted octanol–water partition coefficient (Wildman–Crippen LogP) is 3.42. The summed E-state index contributed by atoms with van der Waals surface area (Å²) in [6.07, 6.45) is 1.85. The van der Waals surface area contributed by atoms with Crippen molar-refractivity contribution >= 4 is 41.2 Å². The lowest BCUT2D eigenvalue weighted by Crippen LogP contribution is -2.05. The van der Waals surface area contributed by atoms with Crippen molar-refractivity contribution in [2.75, 3.05) is 0 Å². The van der Waals surface area contributed by atoms with Crippen LogP contribution in [0.5, 0.6) is 0 Å². The van der Waals surface area contributed by atoms with E-state index in [2.05, 4.69) is 10.2 Å². The molecule has 108 valence electrons. The zero-order valence-corrected chi connectivity index (χ0v) is 13.1. The molecule has 0 bridgehead atoms. The van der Waals surface area contributed by atoms with Crippen LogP contribution in [0, 0.1) is 0 Å². The highest BCUT2D eigenvalue weighted by atomic mass is 35.7. The topological polar surface area (TPSA) is 64.8 Å². The van der Waals surface area contributed by atoms with Crippen LogP contribution in [0.25, 0.3) is 20.8 Å². The molecule has 8 heteroatoms. The van der Waals surface area contributed by atoms with E-state index in [4.69, 9.17) is 10.7 Å². The molecule has 3 aromatic rings. The fourth-order valence-corrected chi connectivity index (χ4v) is 4.33. The van der Waals surface area contributed by atoms with Gasteiger partial charge in [-0.2, -0.15) is 0 Å². The van der Waals surface area contributed by atoms with Crippen LogP contribution in [-0.4, -0.2) is 23.2 Å². The van der Waals surface area contributed by atoms with Gasteiger partial charge in [0.2, 0.25) is 0 Å². The van der Waals surface area contributed by atoms with E-state index >= 15 is 0 Å². The number of nitrogens with zero attached hydrogens (tertiary/aromatic N) is 3. The smallest absolute Gasteiger partial charge is 0.293 e. The lowest BCUT2D eigenvalue weighted by Gasteiger charge is -2.05. The van der Waals surface area contributed by atoms with E-state index in [0.29, 0.717) is 5.82 Å². The van der Waals surface area contributed by atoms with Gasteiger partial charge in [0.1, 0.15) is 0 Å². The van der Waals surface area contributed by atoms with Crippen molar-refractivity contribution < 1.29 is 8.42 Å². The van der Waals surface area contributed by atoms with Crippen LogP contribution >= 0.6 is 22.0 Å². The second-order valence-electron chi connectivity index (χ2n) is 4.99. The van der Waals surface area contributed by atoms with Gasteiger partial charge in [-0.25, -0.2) is 8.42 Å². The van der Waals surface area contributed by atoms with E-state index in [1.54, 1.807) is 15.9 Å². The van der Waals surface area contributed by atoms with E-state index in [1.807, 2.05) is 30.3 Å². The molecule has 2 aromatic heterocycles. The Morgan fingerprint density at radius 2 is 2.00 bits per heavy atom. The Morgan fingerprint density at radius 1 is 1.24 bits per heavy atom. The molecule has 0 spiro atoms. The third kappa shape index (κ3) is 2.25. The molecule has 21 heavy (non-hydrogen) atoms. The summed E-state index contributed by atoms with van der Waals surface area (Å²) in [5.74, 6) is 0.581. The molecule has 2 heterocycles. The van der Waals surface area contributed by atoms with Gasteiger partial charge in [-0.3, -0.25) is 4.57 Å². The van der Waals surface area contributed by atoms with Gasteiger partial charge >= 0.3 is 0 Å². The first kappa shape index (κ1) is 13.2. The highest BCUT2D eigenvalue weighted by Crippen LogP contribution is 2.42. The third-order valence-corrected chi connectivity index (χ3v) is 5.68. The van der Waals surface area contributed by atoms with Crippen molar-refractivity contribution in [2.45, 2.75) is 24.0 Å². The van der Waals surface area contributed by atoms with Gasteiger partial charge in [0.15, 0.2) is 5.82 Å². The van der Waals surface area contributed by atoms with Crippen molar-refractivity contribution in [3.05, 3.63) is 30.3 Å². The van der Waals surface area contributed by atoms with E-state index < -0.39 is 9.05 Å². The average Bonchev–Trinajstić information content (AvgIpc) is 3.02. The molecule has 0 radical (unpaired) electrons. The summed E-state index contributed by atoms with van der Waals surface area (Å²) < 4.78 is 26.1. The highest BCUT2D eigenvalue weighted by Gasteiger charge is 2.34. The van der Waals surface area contributed by atoms with Crippen LogP contribution in [0.4, 0.5) is 0 Å². The number of hydrogen-bond acceptors (Lipinski definition) is 5. The molecular weight excluding hydrogens is 330 g/mol. The predicted molar refractivity (Wildman–Crippen MR) is 82.2 cm³/mol. The van der Waals surface area contributed by atoms with Crippen molar-refractivity contribution in [3.8, 4) is 10.7 Å². The third-order valence-electron chi connectivity index (χ3n) is 3.44. The van der Waals surface area contributed by atoms with Gasteiger partial charge in [-0.1, -0.05) is 18.2 Å². The quantitative estimate of drug-likeness (QED) is 0.686. The Hall–Kier alpha value is -1.44. The fourth-order valence-electron chi connectivity index (χ4n) is 2.37. The first-order chi connectivity index (χ1) is 10.0. The lowest BCUT2D eigenvalue weighted by molar-refractivity contribution is 0.579. The molecule has 0 atom stereocenters. The van der Waals surface area contributed by atoms with Crippen LogP contribution in [0.15, 0.2) is 35.5 Å². The Labute approximate surface area is 129 Å². The Kier molecular flexibility index (Phi) is 2.85. The minimum Gasteiger partial charge on any atom is -0.293 e. The summed E-state index contributed by atoms with van der Waals surface area (Å²) in [4.78, 5) is 0.905. The zero-order valence-electron chi connectivity index (χ0n) is 10.7. The van der Waals surface area contributed by atoms with Crippen LogP contribution in [0.3, 0.4) is 0 Å². The number of rotatable bonds is 3. The number of benzene rings is 1. The summed E-state index contributed by atoms with van der Waals surface area (Å²) >= 11 is 1.57. The number of fused-ring (bicyclic) bond motifs is 1. The maximum Gasteiger partial charge on any atom is 0.296 e. The molecule has 0 unspecified atom stereocenters. The van der Waals surface area contributed by atoms with Crippen molar-refractivity contribution in [2.24, 2.45) is 0 Å². The second-order valence-corrected chi connectivity index (χ2v) is 8.54. The Balaban J connectivity index is 1.94. The molecule has 0 N–H and O–H groups in total.